The molecular weight excluding hydrogens is 339 g/mol. The number of carbonyl (C=O) groups excluding carboxylic acids is 1. The number of nitrogen functional groups attached to an aromatic ring is 1. The second-order valence-corrected chi connectivity index (χ2v) is 5.45. The Bertz CT molecular complexity index is 682. The first kappa shape index (κ1) is 15.4. The van der Waals surface area contributed by atoms with Gasteiger partial charge in [0.2, 0.25) is 0 Å². The van der Waals surface area contributed by atoms with Crippen LogP contribution < -0.4 is 16.6 Å². The van der Waals surface area contributed by atoms with Crippen LogP contribution in [0.2, 0.25) is 0 Å². The first-order valence-corrected chi connectivity index (χ1v) is 6.92. The summed E-state index contributed by atoms with van der Waals surface area (Å²) < 4.78 is 14.9. The molecule has 2 aromatic rings. The summed E-state index contributed by atoms with van der Waals surface area (Å²) in [6.45, 7) is 3.73. The van der Waals surface area contributed by atoms with E-state index in [1.165, 1.54) is 12.3 Å². The standard InChI is InChI=1S/C14H14BrFN4O/c1-7-5-9(15)6-8(2)12(7)19-14(21)10-3-4-18-13(20-17)11(10)16/h3-6H,17H2,1-2H3,(H,18,20)(H,19,21). The third-order valence-corrected chi connectivity index (χ3v) is 3.46. The molecule has 0 saturated heterocycles. The molecule has 0 spiro atoms. The van der Waals surface area contributed by atoms with E-state index in [1.807, 2.05) is 26.0 Å². The fourth-order valence-corrected chi connectivity index (χ4v) is 2.70. The van der Waals surface area contributed by atoms with Crippen molar-refractivity contribution >= 4 is 33.3 Å². The van der Waals surface area contributed by atoms with E-state index in [1.54, 1.807) is 0 Å². The number of hydrogen-bond donors (Lipinski definition) is 3. The van der Waals surface area contributed by atoms with Crippen LogP contribution in [0.4, 0.5) is 15.9 Å². The van der Waals surface area contributed by atoms with Crippen LogP contribution in [0.25, 0.3) is 0 Å². The zero-order valence-corrected chi connectivity index (χ0v) is 13.1. The van der Waals surface area contributed by atoms with Gasteiger partial charge in [0, 0.05) is 16.4 Å². The average Bonchev–Trinajstić information content (AvgIpc) is 2.42. The van der Waals surface area contributed by atoms with E-state index in [0.29, 0.717) is 5.69 Å². The number of anilines is 2. The molecule has 0 saturated carbocycles. The van der Waals surface area contributed by atoms with Crippen molar-refractivity contribution in [2.75, 3.05) is 10.7 Å². The molecule has 1 aromatic heterocycles. The monoisotopic (exact) mass is 352 g/mol. The Labute approximate surface area is 129 Å². The Morgan fingerprint density at radius 1 is 1.33 bits per heavy atom. The predicted octanol–water partition coefficient (Wildman–Crippen LogP) is 3.14. The number of nitrogens with two attached hydrogens (primary N) is 1. The van der Waals surface area contributed by atoms with E-state index >= 15 is 0 Å². The number of carbonyl (C=O) groups is 1. The number of aromatic nitrogens is 1. The normalized spacial score (nSPS) is 10.3. The van der Waals surface area contributed by atoms with Crippen molar-refractivity contribution in [3.05, 3.63) is 51.4 Å². The van der Waals surface area contributed by atoms with Crippen LogP contribution in [0.3, 0.4) is 0 Å². The van der Waals surface area contributed by atoms with E-state index in [2.05, 4.69) is 31.7 Å². The summed E-state index contributed by atoms with van der Waals surface area (Å²) in [5.74, 6) is 3.63. The minimum atomic E-state index is -0.787. The molecular formula is C14H14BrFN4O. The molecule has 0 radical (unpaired) electrons. The van der Waals surface area contributed by atoms with E-state index < -0.39 is 11.7 Å². The van der Waals surface area contributed by atoms with Crippen molar-refractivity contribution in [2.45, 2.75) is 13.8 Å². The number of nitrogens with one attached hydrogen (secondary N) is 2. The number of hydrogen-bond acceptors (Lipinski definition) is 4. The van der Waals surface area contributed by atoms with Crippen LogP contribution in [0, 0.1) is 19.7 Å². The molecule has 0 aliphatic rings. The van der Waals surface area contributed by atoms with Gasteiger partial charge in [-0.2, -0.15) is 0 Å². The zero-order valence-electron chi connectivity index (χ0n) is 11.5. The van der Waals surface area contributed by atoms with Crippen LogP contribution >= 0.6 is 15.9 Å². The van der Waals surface area contributed by atoms with E-state index in [-0.39, 0.29) is 11.4 Å². The van der Waals surface area contributed by atoms with E-state index in [9.17, 15) is 9.18 Å². The molecule has 0 aliphatic heterocycles. The molecule has 110 valence electrons. The molecule has 21 heavy (non-hydrogen) atoms. The first-order valence-electron chi connectivity index (χ1n) is 6.13. The highest BCUT2D eigenvalue weighted by Gasteiger charge is 2.17. The molecule has 1 amide bonds. The zero-order chi connectivity index (χ0) is 15.6. The molecule has 7 heteroatoms. The Morgan fingerprint density at radius 3 is 2.52 bits per heavy atom. The summed E-state index contributed by atoms with van der Waals surface area (Å²) in [5.41, 5.74) is 4.39. The summed E-state index contributed by atoms with van der Waals surface area (Å²) in [6.07, 6.45) is 1.31. The van der Waals surface area contributed by atoms with Gasteiger partial charge in [-0.05, 0) is 43.2 Å². The molecule has 0 atom stereocenters. The number of rotatable bonds is 3. The van der Waals surface area contributed by atoms with Crippen molar-refractivity contribution in [3.63, 3.8) is 0 Å². The number of benzene rings is 1. The van der Waals surface area contributed by atoms with E-state index in [4.69, 9.17) is 5.84 Å². The van der Waals surface area contributed by atoms with Gasteiger partial charge in [-0.15, -0.1) is 0 Å². The lowest BCUT2D eigenvalue weighted by molar-refractivity contribution is 0.102. The smallest absolute Gasteiger partial charge is 0.258 e. The lowest BCUT2D eigenvalue weighted by atomic mass is 10.1. The molecule has 1 heterocycles. The van der Waals surface area contributed by atoms with Gasteiger partial charge in [-0.25, -0.2) is 15.2 Å². The summed E-state index contributed by atoms with van der Waals surface area (Å²) in [7, 11) is 0. The first-order chi connectivity index (χ1) is 9.93. The Morgan fingerprint density at radius 2 is 1.95 bits per heavy atom. The maximum Gasteiger partial charge on any atom is 0.258 e. The second-order valence-electron chi connectivity index (χ2n) is 4.53. The van der Waals surface area contributed by atoms with Gasteiger partial charge < -0.3 is 10.7 Å². The highest BCUT2D eigenvalue weighted by Crippen LogP contribution is 2.26. The topological polar surface area (TPSA) is 80.0 Å². The van der Waals surface area contributed by atoms with Crippen molar-refractivity contribution in [1.82, 2.24) is 4.98 Å². The highest BCUT2D eigenvalue weighted by atomic mass is 79.9. The molecule has 0 unspecified atom stereocenters. The van der Waals surface area contributed by atoms with Crippen molar-refractivity contribution in [2.24, 2.45) is 5.84 Å². The maximum absolute atomic E-state index is 14.0. The molecule has 0 bridgehead atoms. The third-order valence-electron chi connectivity index (χ3n) is 3.01. The maximum atomic E-state index is 14.0. The number of pyridine rings is 1. The van der Waals surface area contributed by atoms with Gasteiger partial charge >= 0.3 is 0 Å². The van der Waals surface area contributed by atoms with Crippen LogP contribution in [-0.4, -0.2) is 10.9 Å². The number of amides is 1. The number of hydrazine groups is 1. The number of nitrogens with zero attached hydrogens (tertiary/aromatic N) is 1. The molecule has 0 aliphatic carbocycles. The molecule has 0 fully saturated rings. The quantitative estimate of drug-likeness (QED) is 0.585. The fraction of sp³-hybridized carbons (Fsp3) is 0.143. The molecule has 5 nitrogen and oxygen atoms in total. The van der Waals surface area contributed by atoms with Gasteiger partial charge in [-0.1, -0.05) is 15.9 Å². The molecule has 1 aromatic carbocycles. The van der Waals surface area contributed by atoms with Gasteiger partial charge in [-0.3, -0.25) is 4.79 Å². The number of aryl methyl sites for hydroxylation is 2. The fourth-order valence-electron chi connectivity index (χ4n) is 2.01. The Balaban J connectivity index is 2.35. The third kappa shape index (κ3) is 3.20. The van der Waals surface area contributed by atoms with Crippen LogP contribution in [0.5, 0.6) is 0 Å². The lowest BCUT2D eigenvalue weighted by Crippen LogP contribution is -2.18. The van der Waals surface area contributed by atoms with Crippen LogP contribution in [-0.2, 0) is 0 Å². The van der Waals surface area contributed by atoms with Gasteiger partial charge in [0.15, 0.2) is 11.6 Å². The van der Waals surface area contributed by atoms with Crippen LogP contribution in [0.1, 0.15) is 21.5 Å². The number of halogens is 2. The highest BCUT2D eigenvalue weighted by molar-refractivity contribution is 9.10. The lowest BCUT2D eigenvalue weighted by Gasteiger charge is -2.13. The second kappa shape index (κ2) is 6.19. The minimum Gasteiger partial charge on any atom is -0.321 e. The van der Waals surface area contributed by atoms with E-state index in [0.717, 1.165) is 15.6 Å². The van der Waals surface area contributed by atoms with Crippen LogP contribution in [0.15, 0.2) is 28.9 Å². The summed E-state index contributed by atoms with van der Waals surface area (Å²) in [4.78, 5) is 15.9. The predicted molar refractivity (Wildman–Crippen MR) is 83.6 cm³/mol. The Kier molecular flexibility index (Phi) is 4.54. The van der Waals surface area contributed by atoms with Gasteiger partial charge in [0.25, 0.3) is 5.91 Å². The van der Waals surface area contributed by atoms with Gasteiger partial charge in [0.1, 0.15) is 0 Å². The molecule has 2 rings (SSSR count). The van der Waals surface area contributed by atoms with Crippen molar-refractivity contribution in [1.29, 1.82) is 0 Å². The van der Waals surface area contributed by atoms with Crippen molar-refractivity contribution in [3.8, 4) is 0 Å². The minimum absolute atomic E-state index is 0.125. The van der Waals surface area contributed by atoms with Gasteiger partial charge in [0.05, 0.1) is 5.56 Å². The average molecular weight is 353 g/mol. The summed E-state index contributed by atoms with van der Waals surface area (Å²) >= 11 is 3.39. The summed E-state index contributed by atoms with van der Waals surface area (Å²) in [5, 5.41) is 2.72. The Hall–Kier alpha value is -1.99. The van der Waals surface area contributed by atoms with Crippen molar-refractivity contribution < 1.29 is 9.18 Å². The SMILES string of the molecule is Cc1cc(Br)cc(C)c1NC(=O)c1ccnc(NN)c1F. The molecule has 4 N–H and O–H groups in total. The summed E-state index contributed by atoms with van der Waals surface area (Å²) in [6, 6.07) is 5.05. The largest absolute Gasteiger partial charge is 0.321 e.